The Kier molecular flexibility index (Phi) is 5.68. The molecule has 0 saturated heterocycles. The molecule has 2 aromatic heterocycles. The van der Waals surface area contributed by atoms with Crippen LogP contribution in [0.2, 0.25) is 0 Å². The smallest absolute Gasteiger partial charge is 0.258 e. The fourth-order valence-corrected chi connectivity index (χ4v) is 2.05. The van der Waals surface area contributed by atoms with Gasteiger partial charge in [0.05, 0.1) is 5.75 Å². The van der Waals surface area contributed by atoms with Crippen molar-refractivity contribution in [2.24, 2.45) is 5.73 Å². The van der Waals surface area contributed by atoms with Crippen LogP contribution >= 0.6 is 11.8 Å². The number of carbonyl (C=O) groups excluding carboxylic acids is 1. The molecular formula is C12H19N9OS. The molecule has 0 aliphatic heterocycles. The van der Waals surface area contributed by atoms with E-state index in [1.54, 1.807) is 7.05 Å². The van der Waals surface area contributed by atoms with Gasteiger partial charge in [-0.25, -0.2) is 4.98 Å². The molecule has 0 aromatic carbocycles. The highest BCUT2D eigenvalue weighted by Crippen LogP contribution is 2.14. The van der Waals surface area contributed by atoms with Gasteiger partial charge in [0.25, 0.3) is 5.95 Å². The fourth-order valence-electron chi connectivity index (χ4n) is 1.51. The molecule has 0 bridgehead atoms. The number of primary amides is 1. The van der Waals surface area contributed by atoms with E-state index in [0.717, 1.165) is 18.2 Å². The number of rotatable bonds is 8. The quantitative estimate of drug-likeness (QED) is 0.580. The minimum Gasteiger partial charge on any atom is -0.369 e. The molecule has 0 saturated carbocycles. The second-order valence-corrected chi connectivity index (χ2v) is 5.66. The van der Waals surface area contributed by atoms with Crippen LogP contribution in [0.1, 0.15) is 20.3 Å². The minimum atomic E-state index is -0.427. The van der Waals surface area contributed by atoms with E-state index in [0.29, 0.717) is 23.0 Å². The number of nitrogens with zero attached hydrogens (tertiary/aromatic N) is 6. The molecule has 124 valence electrons. The first-order chi connectivity index (χ1) is 11.0. The Hall–Kier alpha value is -2.43. The molecule has 2 rings (SSSR count). The Balaban J connectivity index is 2.24. The van der Waals surface area contributed by atoms with Gasteiger partial charge in [-0.1, -0.05) is 18.7 Å². The van der Waals surface area contributed by atoms with E-state index in [9.17, 15) is 4.79 Å². The second-order valence-electron chi connectivity index (χ2n) is 4.71. The van der Waals surface area contributed by atoms with Crippen LogP contribution < -0.4 is 16.4 Å². The van der Waals surface area contributed by atoms with Crippen molar-refractivity contribution in [2.45, 2.75) is 31.5 Å². The summed E-state index contributed by atoms with van der Waals surface area (Å²) < 4.78 is 1.42. The summed E-state index contributed by atoms with van der Waals surface area (Å²) in [6, 6.07) is 0.229. The lowest BCUT2D eigenvalue weighted by Gasteiger charge is -2.12. The van der Waals surface area contributed by atoms with Crippen molar-refractivity contribution in [3.8, 4) is 5.95 Å². The van der Waals surface area contributed by atoms with Gasteiger partial charge in [0.1, 0.15) is 6.33 Å². The zero-order chi connectivity index (χ0) is 16.8. The van der Waals surface area contributed by atoms with Gasteiger partial charge in [0.2, 0.25) is 23.0 Å². The Bertz CT molecular complexity index is 674. The van der Waals surface area contributed by atoms with E-state index < -0.39 is 5.91 Å². The van der Waals surface area contributed by atoms with Gasteiger partial charge >= 0.3 is 0 Å². The normalized spacial score (nSPS) is 12.0. The van der Waals surface area contributed by atoms with Crippen molar-refractivity contribution in [3.05, 3.63) is 6.33 Å². The number of nitrogens with one attached hydrogen (secondary N) is 2. The topological polar surface area (TPSA) is 137 Å². The number of hydrogen-bond donors (Lipinski definition) is 3. The number of anilines is 2. The van der Waals surface area contributed by atoms with Crippen LogP contribution in [0.3, 0.4) is 0 Å². The molecule has 0 fully saturated rings. The number of nitrogens with two attached hydrogens (primary N) is 1. The first-order valence-corrected chi connectivity index (χ1v) is 8.03. The van der Waals surface area contributed by atoms with E-state index in [1.807, 2.05) is 6.92 Å². The lowest BCUT2D eigenvalue weighted by molar-refractivity contribution is -0.115. The van der Waals surface area contributed by atoms with Gasteiger partial charge in [-0.05, 0) is 13.3 Å². The minimum absolute atomic E-state index is 0.115. The summed E-state index contributed by atoms with van der Waals surface area (Å²) in [4.78, 5) is 27.7. The van der Waals surface area contributed by atoms with Gasteiger partial charge in [0.15, 0.2) is 0 Å². The van der Waals surface area contributed by atoms with Crippen molar-refractivity contribution in [1.29, 1.82) is 0 Å². The summed E-state index contributed by atoms with van der Waals surface area (Å²) in [6.07, 6.45) is 2.41. The number of carbonyl (C=O) groups is 1. The molecular weight excluding hydrogens is 318 g/mol. The standard InChI is InChI=1S/C12H19N9OS/c1-4-7(2)16-10-17-9(14-3)18-11(19-10)21-6-15-12(20-21)23-5-8(13)22/h6-7H,4-5H2,1-3H3,(H2,13,22)(H2,14,16,17,18,19)/t7-/m1/s1. The molecule has 1 amide bonds. The van der Waals surface area contributed by atoms with Crippen LogP contribution in [-0.2, 0) is 4.79 Å². The summed E-state index contributed by atoms with van der Waals surface area (Å²) in [5.74, 6) is 0.889. The van der Waals surface area contributed by atoms with Gasteiger partial charge in [-0.15, -0.1) is 5.10 Å². The zero-order valence-corrected chi connectivity index (χ0v) is 14.0. The molecule has 10 nitrogen and oxygen atoms in total. The third-order valence-electron chi connectivity index (χ3n) is 2.85. The molecule has 2 heterocycles. The summed E-state index contributed by atoms with van der Waals surface area (Å²) >= 11 is 1.15. The number of amides is 1. The molecule has 4 N–H and O–H groups in total. The average molecular weight is 337 g/mol. The highest BCUT2D eigenvalue weighted by Gasteiger charge is 2.12. The van der Waals surface area contributed by atoms with Crippen LogP contribution in [0, 0.1) is 0 Å². The van der Waals surface area contributed by atoms with Crippen molar-refractivity contribution < 1.29 is 4.79 Å². The first kappa shape index (κ1) is 16.9. The highest BCUT2D eigenvalue weighted by atomic mass is 32.2. The van der Waals surface area contributed by atoms with Crippen molar-refractivity contribution in [1.82, 2.24) is 29.7 Å². The summed E-state index contributed by atoms with van der Waals surface area (Å²) in [6.45, 7) is 4.11. The molecule has 23 heavy (non-hydrogen) atoms. The molecule has 2 aromatic rings. The van der Waals surface area contributed by atoms with E-state index >= 15 is 0 Å². The summed E-state index contributed by atoms with van der Waals surface area (Å²) in [5.41, 5.74) is 5.10. The highest BCUT2D eigenvalue weighted by molar-refractivity contribution is 7.99. The second kappa shape index (κ2) is 7.72. The largest absolute Gasteiger partial charge is 0.369 e. The van der Waals surface area contributed by atoms with Crippen LogP contribution in [0.5, 0.6) is 0 Å². The molecule has 11 heteroatoms. The predicted octanol–water partition coefficient (Wildman–Crippen LogP) is 0.282. The number of thioether (sulfide) groups is 1. The molecule has 1 atom stereocenters. The van der Waals surface area contributed by atoms with E-state index in [-0.39, 0.29) is 11.8 Å². The monoisotopic (exact) mass is 337 g/mol. The lowest BCUT2D eigenvalue weighted by atomic mass is 10.3. The molecule has 0 spiro atoms. The SMILES string of the molecule is CC[C@@H](C)Nc1nc(NC)nc(-n2cnc(SCC(N)=O)n2)n1. The van der Waals surface area contributed by atoms with Gasteiger partial charge in [-0.3, -0.25) is 4.79 Å². The zero-order valence-electron chi connectivity index (χ0n) is 13.1. The van der Waals surface area contributed by atoms with Gasteiger partial charge < -0.3 is 16.4 Å². The Labute approximate surface area is 137 Å². The summed E-state index contributed by atoms with van der Waals surface area (Å²) in [5, 5.41) is 10.7. The van der Waals surface area contributed by atoms with Gasteiger partial charge in [-0.2, -0.15) is 19.6 Å². The maximum atomic E-state index is 10.8. The average Bonchev–Trinajstić information content (AvgIpc) is 3.01. The number of aromatic nitrogens is 6. The van der Waals surface area contributed by atoms with E-state index in [1.165, 1.54) is 11.0 Å². The fraction of sp³-hybridized carbons (Fsp3) is 0.500. The third kappa shape index (κ3) is 4.77. The van der Waals surface area contributed by atoms with Crippen LogP contribution in [0.4, 0.5) is 11.9 Å². The van der Waals surface area contributed by atoms with E-state index in [2.05, 4.69) is 42.6 Å². The molecule has 0 aliphatic carbocycles. The van der Waals surface area contributed by atoms with Gasteiger partial charge in [0, 0.05) is 13.1 Å². The third-order valence-corrected chi connectivity index (χ3v) is 3.73. The maximum absolute atomic E-state index is 10.8. The number of hydrogen-bond acceptors (Lipinski definition) is 9. The summed E-state index contributed by atoms with van der Waals surface area (Å²) in [7, 11) is 1.72. The molecule has 0 radical (unpaired) electrons. The first-order valence-electron chi connectivity index (χ1n) is 7.05. The molecule has 0 aliphatic rings. The van der Waals surface area contributed by atoms with E-state index in [4.69, 9.17) is 5.73 Å². The Morgan fingerprint density at radius 3 is 2.78 bits per heavy atom. The molecule has 0 unspecified atom stereocenters. The Morgan fingerprint density at radius 1 is 1.39 bits per heavy atom. The van der Waals surface area contributed by atoms with Crippen molar-refractivity contribution in [2.75, 3.05) is 23.4 Å². The maximum Gasteiger partial charge on any atom is 0.258 e. The van der Waals surface area contributed by atoms with Crippen LogP contribution in [-0.4, -0.2) is 54.5 Å². The lowest BCUT2D eigenvalue weighted by Crippen LogP contribution is -2.18. The van der Waals surface area contributed by atoms with Crippen LogP contribution in [0.15, 0.2) is 11.5 Å². The van der Waals surface area contributed by atoms with Crippen molar-refractivity contribution >= 4 is 29.6 Å². The van der Waals surface area contributed by atoms with Crippen LogP contribution in [0.25, 0.3) is 5.95 Å². The van der Waals surface area contributed by atoms with Crippen molar-refractivity contribution in [3.63, 3.8) is 0 Å². The predicted molar refractivity (Wildman–Crippen MR) is 87.6 cm³/mol. The Morgan fingerprint density at radius 2 is 2.13 bits per heavy atom.